The highest BCUT2D eigenvalue weighted by atomic mass is 16.5. The summed E-state index contributed by atoms with van der Waals surface area (Å²) < 4.78 is 9.70. The van der Waals surface area contributed by atoms with Crippen molar-refractivity contribution in [2.24, 2.45) is 0 Å². The van der Waals surface area contributed by atoms with Gasteiger partial charge in [0.1, 0.15) is 0 Å². The fourth-order valence-electron chi connectivity index (χ4n) is 1.18. The van der Waals surface area contributed by atoms with Crippen molar-refractivity contribution >= 4 is 11.9 Å². The maximum absolute atomic E-state index is 11.5. The minimum absolute atomic E-state index is 0.239. The van der Waals surface area contributed by atoms with Crippen molar-refractivity contribution in [1.82, 2.24) is 0 Å². The molecule has 4 heteroatoms. The largest absolute Gasteiger partial charge is 0.462 e. The Morgan fingerprint density at radius 2 is 1.19 bits per heavy atom. The minimum atomic E-state index is -0.508. The summed E-state index contributed by atoms with van der Waals surface area (Å²) in [7, 11) is 0. The lowest BCUT2D eigenvalue weighted by Crippen LogP contribution is -2.16. The summed E-state index contributed by atoms with van der Waals surface area (Å²) in [5, 5.41) is 0. The summed E-state index contributed by atoms with van der Waals surface area (Å²) >= 11 is 0. The molecule has 0 fully saturated rings. The van der Waals surface area contributed by atoms with Gasteiger partial charge in [0, 0.05) is 0 Å². The number of carbonyl (C=O) groups is 2. The molecule has 90 valence electrons. The lowest BCUT2D eigenvalue weighted by molar-refractivity contribution is -0.142. The van der Waals surface area contributed by atoms with Gasteiger partial charge in [0.15, 0.2) is 0 Å². The zero-order valence-electron chi connectivity index (χ0n) is 10.2. The Morgan fingerprint density at radius 3 is 1.38 bits per heavy atom. The van der Waals surface area contributed by atoms with Crippen LogP contribution in [0.3, 0.4) is 0 Å². The van der Waals surface area contributed by atoms with E-state index in [2.05, 4.69) is 0 Å². The van der Waals surface area contributed by atoms with Gasteiger partial charge in [-0.1, -0.05) is 12.2 Å². The summed E-state index contributed by atoms with van der Waals surface area (Å²) in [4.78, 5) is 23.1. The summed E-state index contributed by atoms with van der Waals surface area (Å²) in [6.45, 7) is 7.33. The van der Waals surface area contributed by atoms with Crippen molar-refractivity contribution in [3.05, 3.63) is 23.3 Å². The van der Waals surface area contributed by atoms with Gasteiger partial charge in [0.2, 0.25) is 0 Å². The van der Waals surface area contributed by atoms with Crippen LogP contribution in [0.4, 0.5) is 0 Å². The Morgan fingerprint density at radius 1 is 0.875 bits per heavy atom. The van der Waals surface area contributed by atoms with Gasteiger partial charge in [-0.3, -0.25) is 0 Å². The fraction of sp³-hybridized carbons (Fsp3) is 0.500. The van der Waals surface area contributed by atoms with E-state index >= 15 is 0 Å². The van der Waals surface area contributed by atoms with Gasteiger partial charge in [-0.15, -0.1) is 0 Å². The molecular formula is C12H18O4. The van der Waals surface area contributed by atoms with Gasteiger partial charge in [-0.25, -0.2) is 9.59 Å². The van der Waals surface area contributed by atoms with Crippen molar-refractivity contribution < 1.29 is 19.1 Å². The lowest BCUT2D eigenvalue weighted by Gasteiger charge is -2.09. The third-order valence-electron chi connectivity index (χ3n) is 1.86. The van der Waals surface area contributed by atoms with Crippen LogP contribution in [0.15, 0.2) is 23.3 Å². The standard InChI is InChI=1S/C12H18O4/c1-5-9(11(13)15-7-3)10(6-2)12(14)16-8-4/h5-6H,7-8H2,1-4H3/b9-5+,10-6+. The van der Waals surface area contributed by atoms with Gasteiger partial charge in [-0.2, -0.15) is 0 Å². The Bertz CT molecular complexity index is 281. The maximum Gasteiger partial charge on any atom is 0.338 e. The summed E-state index contributed by atoms with van der Waals surface area (Å²) in [5.74, 6) is -1.02. The average Bonchev–Trinajstić information content (AvgIpc) is 2.25. The normalized spacial score (nSPS) is 12.2. The molecule has 0 amide bonds. The molecule has 0 bridgehead atoms. The van der Waals surface area contributed by atoms with Crippen LogP contribution >= 0.6 is 0 Å². The lowest BCUT2D eigenvalue weighted by atomic mass is 10.1. The molecule has 0 aliphatic carbocycles. The highest BCUT2D eigenvalue weighted by Crippen LogP contribution is 2.14. The minimum Gasteiger partial charge on any atom is -0.462 e. The first-order chi connectivity index (χ1) is 7.62. The van der Waals surface area contributed by atoms with Gasteiger partial charge in [0.05, 0.1) is 24.4 Å². The van der Waals surface area contributed by atoms with Gasteiger partial charge in [0.25, 0.3) is 0 Å². The zero-order valence-corrected chi connectivity index (χ0v) is 10.2. The summed E-state index contributed by atoms with van der Waals surface area (Å²) in [6, 6.07) is 0. The van der Waals surface area contributed by atoms with E-state index in [0.717, 1.165) is 0 Å². The van der Waals surface area contributed by atoms with Crippen molar-refractivity contribution in [1.29, 1.82) is 0 Å². The van der Waals surface area contributed by atoms with E-state index in [1.807, 2.05) is 0 Å². The Labute approximate surface area is 95.9 Å². The van der Waals surface area contributed by atoms with Crippen LogP contribution < -0.4 is 0 Å². The van der Waals surface area contributed by atoms with Gasteiger partial charge >= 0.3 is 11.9 Å². The monoisotopic (exact) mass is 226 g/mol. The molecule has 0 radical (unpaired) electrons. The number of hydrogen-bond acceptors (Lipinski definition) is 4. The molecule has 0 aromatic rings. The molecule has 0 unspecified atom stereocenters. The van der Waals surface area contributed by atoms with E-state index in [1.165, 1.54) is 0 Å². The molecule has 4 nitrogen and oxygen atoms in total. The van der Waals surface area contributed by atoms with Crippen LogP contribution in [0.2, 0.25) is 0 Å². The Kier molecular flexibility index (Phi) is 6.92. The highest BCUT2D eigenvalue weighted by Gasteiger charge is 2.21. The third kappa shape index (κ3) is 3.88. The van der Waals surface area contributed by atoms with Crippen molar-refractivity contribution in [3.8, 4) is 0 Å². The first-order valence-corrected chi connectivity index (χ1v) is 5.29. The van der Waals surface area contributed by atoms with Crippen molar-refractivity contribution in [3.63, 3.8) is 0 Å². The Balaban J connectivity index is 4.94. The molecule has 0 atom stereocenters. The van der Waals surface area contributed by atoms with Crippen LogP contribution in [0, 0.1) is 0 Å². The second-order valence-corrected chi connectivity index (χ2v) is 2.85. The van der Waals surface area contributed by atoms with Crippen LogP contribution in [0.25, 0.3) is 0 Å². The predicted octanol–water partition coefficient (Wildman–Crippen LogP) is 2.01. The number of ether oxygens (including phenoxy) is 2. The second-order valence-electron chi connectivity index (χ2n) is 2.85. The highest BCUT2D eigenvalue weighted by molar-refractivity contribution is 6.06. The van der Waals surface area contributed by atoms with Gasteiger partial charge in [-0.05, 0) is 27.7 Å². The van der Waals surface area contributed by atoms with Crippen molar-refractivity contribution in [2.45, 2.75) is 27.7 Å². The quantitative estimate of drug-likeness (QED) is 0.409. The van der Waals surface area contributed by atoms with E-state index in [4.69, 9.17) is 9.47 Å². The van der Waals surface area contributed by atoms with E-state index < -0.39 is 11.9 Å². The molecule has 0 aromatic carbocycles. The molecule has 0 aliphatic heterocycles. The van der Waals surface area contributed by atoms with Crippen LogP contribution in [-0.2, 0) is 19.1 Å². The predicted molar refractivity (Wildman–Crippen MR) is 60.8 cm³/mol. The third-order valence-corrected chi connectivity index (χ3v) is 1.86. The molecule has 0 saturated carbocycles. The number of carbonyl (C=O) groups excluding carboxylic acids is 2. The maximum atomic E-state index is 11.5. The molecule has 0 N–H and O–H groups in total. The Hall–Kier alpha value is -1.58. The van der Waals surface area contributed by atoms with Crippen LogP contribution in [0.1, 0.15) is 27.7 Å². The number of allylic oxidation sites excluding steroid dienone is 2. The van der Waals surface area contributed by atoms with Gasteiger partial charge < -0.3 is 9.47 Å². The first-order valence-electron chi connectivity index (χ1n) is 5.29. The van der Waals surface area contributed by atoms with Crippen LogP contribution in [0.5, 0.6) is 0 Å². The molecule has 0 aliphatic rings. The molecule has 0 rings (SSSR count). The number of hydrogen-bond donors (Lipinski definition) is 0. The van der Waals surface area contributed by atoms with E-state index in [-0.39, 0.29) is 24.4 Å². The molecule has 0 aromatic heterocycles. The number of esters is 2. The SMILES string of the molecule is C/C=C(C(=O)OCC)\C(=C/C)C(=O)OCC. The molecule has 0 saturated heterocycles. The number of rotatable bonds is 5. The van der Waals surface area contributed by atoms with E-state index in [9.17, 15) is 9.59 Å². The summed E-state index contributed by atoms with van der Waals surface area (Å²) in [5.41, 5.74) is 0.477. The topological polar surface area (TPSA) is 52.6 Å². The molecular weight excluding hydrogens is 208 g/mol. The van der Waals surface area contributed by atoms with E-state index in [1.54, 1.807) is 39.8 Å². The average molecular weight is 226 g/mol. The van der Waals surface area contributed by atoms with Crippen LogP contribution in [-0.4, -0.2) is 25.2 Å². The molecule has 0 spiro atoms. The zero-order chi connectivity index (χ0) is 12.6. The summed E-state index contributed by atoms with van der Waals surface area (Å²) in [6.07, 6.45) is 3.09. The first kappa shape index (κ1) is 14.4. The second kappa shape index (κ2) is 7.68. The van der Waals surface area contributed by atoms with Crippen molar-refractivity contribution in [2.75, 3.05) is 13.2 Å². The molecule has 0 heterocycles. The smallest absolute Gasteiger partial charge is 0.338 e. The molecule has 16 heavy (non-hydrogen) atoms. The fourth-order valence-corrected chi connectivity index (χ4v) is 1.18. The van der Waals surface area contributed by atoms with E-state index in [0.29, 0.717) is 0 Å².